The molecule has 0 aliphatic rings. The summed E-state index contributed by atoms with van der Waals surface area (Å²) in [5, 5.41) is 15.8. The quantitative estimate of drug-likeness (QED) is 0.612. The zero-order valence-electron chi connectivity index (χ0n) is 14.6. The van der Waals surface area contributed by atoms with Gasteiger partial charge in [-0.3, -0.25) is 9.59 Å². The van der Waals surface area contributed by atoms with E-state index in [9.17, 15) is 14.4 Å². The highest BCUT2D eigenvalue weighted by molar-refractivity contribution is 9.10. The van der Waals surface area contributed by atoms with Gasteiger partial charge in [-0.2, -0.15) is 5.10 Å². The minimum atomic E-state index is -1.01. The van der Waals surface area contributed by atoms with Gasteiger partial charge in [0.1, 0.15) is 6.54 Å². The number of carbonyl (C=O) groups is 2. The van der Waals surface area contributed by atoms with E-state index in [0.717, 1.165) is 20.3 Å². The number of carbonyl (C=O) groups excluding carboxylic acids is 1. The number of benzene rings is 2. The van der Waals surface area contributed by atoms with Crippen LogP contribution >= 0.6 is 15.9 Å². The molecule has 3 rings (SSSR count). The fourth-order valence-electron chi connectivity index (χ4n) is 2.49. The molecule has 0 saturated carbocycles. The Balaban J connectivity index is 1.66. The van der Waals surface area contributed by atoms with Crippen LogP contribution in [0, 0.1) is 0 Å². The van der Waals surface area contributed by atoms with E-state index in [1.54, 1.807) is 18.2 Å². The number of hydrogen-bond acceptors (Lipinski definition) is 4. The summed E-state index contributed by atoms with van der Waals surface area (Å²) >= 11 is 3.37. The lowest BCUT2D eigenvalue weighted by Crippen LogP contribution is -2.33. The Morgan fingerprint density at radius 2 is 1.68 bits per heavy atom. The molecule has 2 N–H and O–H groups in total. The Morgan fingerprint density at radius 3 is 2.32 bits per heavy atom. The molecule has 0 fully saturated rings. The summed E-state index contributed by atoms with van der Waals surface area (Å²) in [6.45, 7) is 0.0102. The smallest absolute Gasteiger partial charge is 0.335 e. The molecule has 0 atom stereocenters. The molecule has 0 aliphatic heterocycles. The van der Waals surface area contributed by atoms with Gasteiger partial charge in [-0.1, -0.05) is 40.2 Å². The monoisotopic (exact) mass is 441 g/mol. The van der Waals surface area contributed by atoms with Gasteiger partial charge in [0.25, 0.3) is 5.56 Å². The number of carboxylic acid groups (broad SMARTS) is 1. The molecule has 7 nitrogen and oxygen atoms in total. The largest absolute Gasteiger partial charge is 0.478 e. The normalized spacial score (nSPS) is 10.5. The Kier molecular flexibility index (Phi) is 6.00. The van der Waals surface area contributed by atoms with Gasteiger partial charge in [-0.15, -0.1) is 0 Å². The van der Waals surface area contributed by atoms with Crippen molar-refractivity contribution in [2.75, 3.05) is 0 Å². The lowest BCUT2D eigenvalue weighted by atomic mass is 10.1. The molecule has 28 heavy (non-hydrogen) atoms. The number of rotatable bonds is 6. The number of aromatic carboxylic acids is 1. The molecule has 0 unspecified atom stereocenters. The van der Waals surface area contributed by atoms with Gasteiger partial charge < -0.3 is 10.4 Å². The van der Waals surface area contributed by atoms with Crippen LogP contribution in [-0.2, 0) is 17.9 Å². The average molecular weight is 442 g/mol. The molecule has 1 heterocycles. The molecular formula is C20H16BrN3O4. The third-order valence-corrected chi connectivity index (χ3v) is 4.52. The van der Waals surface area contributed by atoms with Crippen LogP contribution in [0.4, 0.5) is 0 Å². The molecule has 2 aromatic carbocycles. The van der Waals surface area contributed by atoms with Crippen LogP contribution < -0.4 is 10.9 Å². The van der Waals surface area contributed by atoms with Crippen LogP contribution in [-0.4, -0.2) is 26.8 Å². The molecule has 8 heteroatoms. The van der Waals surface area contributed by atoms with E-state index < -0.39 is 5.97 Å². The van der Waals surface area contributed by atoms with Gasteiger partial charge in [0.05, 0.1) is 11.3 Å². The number of nitrogens with one attached hydrogen (secondary N) is 1. The zero-order valence-corrected chi connectivity index (χ0v) is 16.2. The Morgan fingerprint density at radius 1 is 1.00 bits per heavy atom. The fourth-order valence-corrected chi connectivity index (χ4v) is 2.76. The molecule has 0 bridgehead atoms. The fraction of sp³-hybridized carbons (Fsp3) is 0.100. The maximum Gasteiger partial charge on any atom is 0.335 e. The van der Waals surface area contributed by atoms with Gasteiger partial charge in [-0.05, 0) is 35.9 Å². The van der Waals surface area contributed by atoms with Crippen LogP contribution in [0.25, 0.3) is 11.3 Å². The molecule has 0 aliphatic carbocycles. The number of halogens is 1. The molecule has 1 aromatic heterocycles. The predicted octanol–water partition coefficient (Wildman–Crippen LogP) is 2.69. The zero-order chi connectivity index (χ0) is 20.1. The van der Waals surface area contributed by atoms with E-state index in [1.807, 2.05) is 24.3 Å². The second kappa shape index (κ2) is 8.62. The van der Waals surface area contributed by atoms with Crippen molar-refractivity contribution in [3.63, 3.8) is 0 Å². The van der Waals surface area contributed by atoms with Crippen molar-refractivity contribution in [1.29, 1.82) is 0 Å². The van der Waals surface area contributed by atoms with Crippen molar-refractivity contribution in [2.45, 2.75) is 13.1 Å². The first-order chi connectivity index (χ1) is 13.4. The van der Waals surface area contributed by atoms with E-state index in [4.69, 9.17) is 5.11 Å². The van der Waals surface area contributed by atoms with Crippen molar-refractivity contribution in [3.05, 3.63) is 86.6 Å². The van der Waals surface area contributed by atoms with Gasteiger partial charge in [0.15, 0.2) is 0 Å². The number of aromatic nitrogens is 2. The molecule has 0 saturated heterocycles. The van der Waals surface area contributed by atoms with E-state index in [2.05, 4.69) is 26.3 Å². The number of amides is 1. The summed E-state index contributed by atoms with van der Waals surface area (Å²) in [6, 6.07) is 16.7. The summed E-state index contributed by atoms with van der Waals surface area (Å²) in [5.74, 6) is -1.38. The van der Waals surface area contributed by atoms with Crippen molar-refractivity contribution < 1.29 is 14.7 Å². The van der Waals surface area contributed by atoms with Crippen molar-refractivity contribution in [2.24, 2.45) is 0 Å². The Hall–Kier alpha value is -3.26. The molecule has 3 aromatic rings. The maximum atomic E-state index is 12.2. The highest BCUT2D eigenvalue weighted by atomic mass is 79.9. The van der Waals surface area contributed by atoms with Crippen LogP contribution in [0.1, 0.15) is 15.9 Å². The van der Waals surface area contributed by atoms with E-state index in [-0.39, 0.29) is 30.1 Å². The third kappa shape index (κ3) is 4.92. The van der Waals surface area contributed by atoms with Gasteiger partial charge in [-0.25, -0.2) is 9.48 Å². The van der Waals surface area contributed by atoms with Crippen LogP contribution in [0.3, 0.4) is 0 Å². The third-order valence-electron chi connectivity index (χ3n) is 3.99. The second-order valence-corrected chi connectivity index (χ2v) is 6.92. The van der Waals surface area contributed by atoms with Gasteiger partial charge in [0, 0.05) is 22.6 Å². The van der Waals surface area contributed by atoms with Crippen LogP contribution in [0.5, 0.6) is 0 Å². The van der Waals surface area contributed by atoms with Crippen molar-refractivity contribution in [1.82, 2.24) is 15.1 Å². The lowest BCUT2D eigenvalue weighted by molar-refractivity contribution is -0.122. The van der Waals surface area contributed by atoms with Crippen LogP contribution in [0.2, 0.25) is 0 Å². The summed E-state index contributed by atoms with van der Waals surface area (Å²) in [6.07, 6.45) is 0. The van der Waals surface area contributed by atoms with Crippen LogP contribution in [0.15, 0.2) is 69.9 Å². The average Bonchev–Trinajstić information content (AvgIpc) is 2.69. The summed E-state index contributed by atoms with van der Waals surface area (Å²) < 4.78 is 2.04. The highest BCUT2D eigenvalue weighted by Crippen LogP contribution is 2.18. The first kappa shape index (κ1) is 19.5. The Bertz CT molecular complexity index is 1060. The van der Waals surface area contributed by atoms with E-state index in [1.165, 1.54) is 18.2 Å². The second-order valence-electron chi connectivity index (χ2n) is 6.00. The first-order valence-electron chi connectivity index (χ1n) is 8.35. The van der Waals surface area contributed by atoms with E-state index >= 15 is 0 Å². The minimum absolute atomic E-state index is 0.176. The minimum Gasteiger partial charge on any atom is -0.478 e. The number of hydrogen-bond donors (Lipinski definition) is 2. The summed E-state index contributed by atoms with van der Waals surface area (Å²) in [7, 11) is 0. The molecular weight excluding hydrogens is 426 g/mol. The highest BCUT2D eigenvalue weighted by Gasteiger charge is 2.09. The summed E-state index contributed by atoms with van der Waals surface area (Å²) in [5.41, 5.74) is 1.97. The van der Waals surface area contributed by atoms with Gasteiger partial charge >= 0.3 is 5.97 Å². The maximum absolute atomic E-state index is 12.2. The number of carboxylic acids is 1. The molecule has 1 amide bonds. The predicted molar refractivity (Wildman–Crippen MR) is 107 cm³/mol. The van der Waals surface area contributed by atoms with Gasteiger partial charge in [0.2, 0.25) is 5.91 Å². The van der Waals surface area contributed by atoms with E-state index in [0.29, 0.717) is 5.69 Å². The standard InChI is InChI=1S/C20H16BrN3O4/c21-16-7-5-14(6-8-16)17-9-10-19(26)24(23-17)12-18(25)22-11-13-1-3-15(4-2-13)20(27)28/h1-10H,11-12H2,(H,22,25)(H,27,28). The molecule has 0 radical (unpaired) electrons. The SMILES string of the molecule is O=C(Cn1nc(-c2ccc(Br)cc2)ccc1=O)NCc1ccc(C(=O)O)cc1. The lowest BCUT2D eigenvalue weighted by Gasteiger charge is -2.09. The first-order valence-corrected chi connectivity index (χ1v) is 9.15. The van der Waals surface area contributed by atoms with Crippen molar-refractivity contribution >= 4 is 27.8 Å². The summed E-state index contributed by atoms with van der Waals surface area (Å²) in [4.78, 5) is 35.1. The van der Waals surface area contributed by atoms with Crippen molar-refractivity contribution in [3.8, 4) is 11.3 Å². The Labute approximate surface area is 168 Å². The number of nitrogens with zero attached hydrogens (tertiary/aromatic N) is 2. The molecule has 0 spiro atoms. The topological polar surface area (TPSA) is 101 Å². The molecule has 142 valence electrons.